The van der Waals surface area contributed by atoms with Crippen LogP contribution in [0.15, 0.2) is 24.3 Å². The summed E-state index contributed by atoms with van der Waals surface area (Å²) >= 11 is 0. The first-order valence-corrected chi connectivity index (χ1v) is 8.62. The summed E-state index contributed by atoms with van der Waals surface area (Å²) < 4.78 is 13.3. The Bertz CT molecular complexity index is 648. The number of tetrazole rings is 1. The van der Waals surface area contributed by atoms with E-state index in [0.29, 0.717) is 17.4 Å². The van der Waals surface area contributed by atoms with Gasteiger partial charge in [-0.25, -0.2) is 4.39 Å². The maximum absolute atomic E-state index is 13.3. The Balaban J connectivity index is 1.45. The van der Waals surface area contributed by atoms with E-state index in [1.54, 1.807) is 16.9 Å². The Hall–Kier alpha value is -1.86. The van der Waals surface area contributed by atoms with E-state index in [9.17, 15) is 4.39 Å². The Morgan fingerprint density at radius 1 is 1.12 bits per heavy atom. The van der Waals surface area contributed by atoms with Gasteiger partial charge in [-0.1, -0.05) is 12.1 Å². The monoisotopic (exact) mass is 332 g/mol. The average molecular weight is 332 g/mol. The minimum Gasteiger partial charge on any atom is -0.301 e. The highest BCUT2D eigenvalue weighted by Crippen LogP contribution is 2.14. The molecule has 1 aromatic carbocycles. The van der Waals surface area contributed by atoms with Gasteiger partial charge in [0.1, 0.15) is 5.82 Å². The molecule has 2 heterocycles. The molecule has 0 amide bonds. The summed E-state index contributed by atoms with van der Waals surface area (Å²) in [5, 5.41) is 12.4. The highest BCUT2D eigenvalue weighted by Gasteiger charge is 2.18. The van der Waals surface area contributed by atoms with Crippen molar-refractivity contribution in [2.24, 2.45) is 0 Å². The van der Waals surface area contributed by atoms with Gasteiger partial charge in [0, 0.05) is 44.3 Å². The summed E-state index contributed by atoms with van der Waals surface area (Å²) in [6.45, 7) is 10.8. The van der Waals surface area contributed by atoms with Crippen molar-refractivity contribution in [3.05, 3.63) is 30.1 Å². The van der Waals surface area contributed by atoms with E-state index in [4.69, 9.17) is 0 Å². The molecule has 0 radical (unpaired) electrons. The van der Waals surface area contributed by atoms with Gasteiger partial charge in [-0.3, -0.25) is 4.90 Å². The molecular formula is C17H25FN6. The highest BCUT2D eigenvalue weighted by molar-refractivity contribution is 5.53. The van der Waals surface area contributed by atoms with Crippen LogP contribution in [0.5, 0.6) is 0 Å². The molecule has 0 unspecified atom stereocenters. The van der Waals surface area contributed by atoms with Crippen LogP contribution in [0.4, 0.5) is 4.39 Å². The summed E-state index contributed by atoms with van der Waals surface area (Å²) in [4.78, 5) is 6.61. The van der Waals surface area contributed by atoms with Crippen LogP contribution in [-0.4, -0.2) is 68.8 Å². The van der Waals surface area contributed by atoms with E-state index in [2.05, 4.69) is 39.1 Å². The number of rotatable bonds is 6. The maximum Gasteiger partial charge on any atom is 0.205 e. The van der Waals surface area contributed by atoms with Crippen LogP contribution < -0.4 is 0 Å². The zero-order valence-electron chi connectivity index (χ0n) is 14.4. The first-order valence-electron chi connectivity index (χ1n) is 8.62. The topological polar surface area (TPSA) is 50.1 Å². The zero-order valence-corrected chi connectivity index (χ0v) is 14.4. The third-order valence-electron chi connectivity index (χ3n) is 4.51. The van der Waals surface area contributed by atoms with Gasteiger partial charge in [0.2, 0.25) is 5.82 Å². The summed E-state index contributed by atoms with van der Waals surface area (Å²) in [7, 11) is 0. The van der Waals surface area contributed by atoms with Crippen LogP contribution in [0.2, 0.25) is 0 Å². The Labute approximate surface area is 142 Å². The fraction of sp³-hybridized carbons (Fsp3) is 0.588. The lowest BCUT2D eigenvalue weighted by Crippen LogP contribution is -2.49. The van der Waals surface area contributed by atoms with Crippen molar-refractivity contribution in [1.29, 1.82) is 0 Å². The van der Waals surface area contributed by atoms with Crippen LogP contribution in [-0.2, 0) is 6.54 Å². The zero-order chi connectivity index (χ0) is 16.9. The summed E-state index contributed by atoms with van der Waals surface area (Å²) in [5.41, 5.74) is 0.658. The van der Waals surface area contributed by atoms with Gasteiger partial charge in [0.25, 0.3) is 0 Å². The van der Waals surface area contributed by atoms with Gasteiger partial charge in [-0.15, -0.1) is 10.2 Å². The van der Waals surface area contributed by atoms with Crippen LogP contribution >= 0.6 is 0 Å². The molecule has 1 aromatic heterocycles. The predicted molar refractivity (Wildman–Crippen MR) is 91.0 cm³/mol. The first kappa shape index (κ1) is 17.0. The van der Waals surface area contributed by atoms with Crippen LogP contribution in [0.25, 0.3) is 11.4 Å². The highest BCUT2D eigenvalue weighted by atomic mass is 19.1. The number of benzene rings is 1. The molecule has 6 nitrogen and oxygen atoms in total. The van der Waals surface area contributed by atoms with E-state index in [1.807, 2.05) is 0 Å². The second-order valence-corrected chi connectivity index (χ2v) is 6.54. The van der Waals surface area contributed by atoms with Gasteiger partial charge >= 0.3 is 0 Å². The molecule has 1 saturated heterocycles. The summed E-state index contributed by atoms with van der Waals surface area (Å²) in [5.74, 6) is 0.185. The van der Waals surface area contributed by atoms with Crippen molar-refractivity contribution in [3.8, 4) is 11.4 Å². The molecule has 1 fully saturated rings. The van der Waals surface area contributed by atoms with Crippen LogP contribution in [0.1, 0.15) is 20.3 Å². The average Bonchev–Trinajstić information content (AvgIpc) is 3.04. The van der Waals surface area contributed by atoms with E-state index in [-0.39, 0.29) is 5.82 Å². The molecule has 0 bridgehead atoms. The number of hydrogen-bond donors (Lipinski definition) is 0. The number of halogens is 1. The fourth-order valence-electron chi connectivity index (χ4n) is 3.02. The molecule has 0 spiro atoms. The number of piperazine rings is 1. The lowest BCUT2D eigenvalue weighted by Gasteiger charge is -2.36. The third-order valence-corrected chi connectivity index (χ3v) is 4.51. The molecular weight excluding hydrogens is 307 g/mol. The predicted octanol–water partition coefficient (Wildman–Crippen LogP) is 1.90. The molecule has 130 valence electrons. The Morgan fingerprint density at radius 3 is 2.62 bits per heavy atom. The van der Waals surface area contributed by atoms with Gasteiger partial charge in [0.05, 0.1) is 6.54 Å². The van der Waals surface area contributed by atoms with Gasteiger partial charge in [0.15, 0.2) is 0 Å². The normalized spacial score (nSPS) is 16.8. The molecule has 0 saturated carbocycles. The van der Waals surface area contributed by atoms with Crippen molar-refractivity contribution < 1.29 is 4.39 Å². The third kappa shape index (κ3) is 4.36. The Kier molecular flexibility index (Phi) is 5.52. The number of hydrogen-bond acceptors (Lipinski definition) is 5. The van der Waals surface area contributed by atoms with Crippen molar-refractivity contribution in [3.63, 3.8) is 0 Å². The standard InChI is InChI=1S/C17H25FN6/c1-14(2)23-11-9-22(10-12-23)7-4-8-24-20-17(19-21-24)15-5-3-6-16(18)13-15/h3,5-6,13-14H,4,7-12H2,1-2H3. The first-order chi connectivity index (χ1) is 11.6. The van der Waals surface area contributed by atoms with Gasteiger partial charge < -0.3 is 4.90 Å². The van der Waals surface area contributed by atoms with E-state index < -0.39 is 0 Å². The Morgan fingerprint density at radius 2 is 1.92 bits per heavy atom. The van der Waals surface area contributed by atoms with Crippen molar-refractivity contribution in [2.75, 3.05) is 32.7 Å². The molecule has 0 aliphatic carbocycles. The molecule has 0 atom stereocenters. The van der Waals surface area contributed by atoms with Crippen LogP contribution in [0, 0.1) is 5.82 Å². The van der Waals surface area contributed by atoms with Crippen LogP contribution in [0.3, 0.4) is 0 Å². The number of nitrogens with zero attached hydrogens (tertiary/aromatic N) is 6. The van der Waals surface area contributed by atoms with Crippen molar-refractivity contribution >= 4 is 0 Å². The molecule has 1 aliphatic heterocycles. The SMILES string of the molecule is CC(C)N1CCN(CCCn2nnc(-c3cccc(F)c3)n2)CC1. The largest absolute Gasteiger partial charge is 0.301 e. The molecule has 1 aliphatic rings. The molecule has 24 heavy (non-hydrogen) atoms. The van der Waals surface area contributed by atoms with Crippen molar-refractivity contribution in [1.82, 2.24) is 30.0 Å². The van der Waals surface area contributed by atoms with E-state index >= 15 is 0 Å². The summed E-state index contributed by atoms with van der Waals surface area (Å²) in [6.07, 6.45) is 0.987. The minimum absolute atomic E-state index is 0.288. The van der Waals surface area contributed by atoms with E-state index in [0.717, 1.165) is 45.7 Å². The second kappa shape index (κ2) is 7.81. The smallest absolute Gasteiger partial charge is 0.205 e. The van der Waals surface area contributed by atoms with Gasteiger partial charge in [-0.05, 0) is 37.6 Å². The summed E-state index contributed by atoms with van der Waals surface area (Å²) in [6, 6.07) is 6.91. The quantitative estimate of drug-likeness (QED) is 0.809. The fourth-order valence-corrected chi connectivity index (χ4v) is 3.02. The van der Waals surface area contributed by atoms with E-state index in [1.165, 1.54) is 12.1 Å². The lowest BCUT2D eigenvalue weighted by molar-refractivity contribution is 0.106. The molecule has 7 heteroatoms. The maximum atomic E-state index is 13.3. The molecule has 0 N–H and O–H groups in total. The minimum atomic E-state index is -0.288. The van der Waals surface area contributed by atoms with Crippen molar-refractivity contribution in [2.45, 2.75) is 32.9 Å². The number of aromatic nitrogens is 4. The molecule has 2 aromatic rings. The number of aryl methyl sites for hydroxylation is 1. The molecule has 3 rings (SSSR count). The lowest BCUT2D eigenvalue weighted by atomic mass is 10.2. The van der Waals surface area contributed by atoms with Gasteiger partial charge in [-0.2, -0.15) is 4.80 Å². The second-order valence-electron chi connectivity index (χ2n) is 6.54.